The Balaban J connectivity index is 1.61. The molecule has 3 aromatic heterocycles. The van der Waals surface area contributed by atoms with Gasteiger partial charge in [-0.1, -0.05) is 18.2 Å². The van der Waals surface area contributed by atoms with E-state index in [1.807, 2.05) is 42.5 Å². The highest BCUT2D eigenvalue weighted by molar-refractivity contribution is 5.87. The second kappa shape index (κ2) is 6.56. The maximum atomic E-state index is 5.12. The van der Waals surface area contributed by atoms with Crippen LogP contribution < -0.4 is 10.1 Å². The van der Waals surface area contributed by atoms with Crippen LogP contribution in [-0.4, -0.2) is 31.8 Å². The molecule has 0 aliphatic carbocycles. The number of methoxy groups -OCH3 is 1. The Hall–Kier alpha value is -3.48. The summed E-state index contributed by atoms with van der Waals surface area (Å²) >= 11 is 0. The molecule has 4 aromatic rings. The van der Waals surface area contributed by atoms with E-state index in [-0.39, 0.29) is 0 Å². The van der Waals surface area contributed by atoms with Gasteiger partial charge in [-0.3, -0.25) is 4.98 Å². The Kier molecular flexibility index (Phi) is 3.96. The molecule has 7 heteroatoms. The van der Waals surface area contributed by atoms with E-state index in [2.05, 4.69) is 25.4 Å². The largest absolute Gasteiger partial charge is 0.495 e. The van der Waals surface area contributed by atoms with Crippen LogP contribution in [0.5, 0.6) is 5.75 Å². The lowest BCUT2D eigenvalue weighted by molar-refractivity contribution is 0.412. The van der Waals surface area contributed by atoms with Crippen molar-refractivity contribution in [1.29, 1.82) is 0 Å². The number of nitrogens with zero attached hydrogens (tertiary/aromatic N) is 5. The zero-order chi connectivity index (χ0) is 17.1. The van der Waals surface area contributed by atoms with Gasteiger partial charge in [0.1, 0.15) is 17.9 Å². The van der Waals surface area contributed by atoms with Crippen molar-refractivity contribution in [3.05, 3.63) is 66.9 Å². The molecule has 0 amide bonds. The number of fused-ring (bicyclic) bond motifs is 1. The predicted octanol–water partition coefficient (Wildman–Crippen LogP) is 2.83. The molecule has 25 heavy (non-hydrogen) atoms. The third-order valence-electron chi connectivity index (χ3n) is 3.84. The maximum Gasteiger partial charge on any atom is 0.168 e. The highest BCUT2D eigenvalue weighted by Crippen LogP contribution is 2.22. The third kappa shape index (κ3) is 2.99. The first kappa shape index (κ1) is 15.1. The van der Waals surface area contributed by atoms with Crippen molar-refractivity contribution in [3.8, 4) is 11.4 Å². The van der Waals surface area contributed by atoms with Gasteiger partial charge in [-0.2, -0.15) is 5.10 Å². The van der Waals surface area contributed by atoms with E-state index in [4.69, 9.17) is 4.74 Å². The first-order chi connectivity index (χ1) is 12.3. The van der Waals surface area contributed by atoms with Gasteiger partial charge in [0.05, 0.1) is 42.8 Å². The van der Waals surface area contributed by atoms with Gasteiger partial charge in [0.15, 0.2) is 5.65 Å². The van der Waals surface area contributed by atoms with Gasteiger partial charge in [-0.05, 0) is 24.3 Å². The highest BCUT2D eigenvalue weighted by atomic mass is 16.5. The third-order valence-corrected chi connectivity index (χ3v) is 3.84. The first-order valence-corrected chi connectivity index (χ1v) is 7.82. The van der Waals surface area contributed by atoms with Gasteiger partial charge in [0.2, 0.25) is 0 Å². The Labute approximate surface area is 144 Å². The number of para-hydroxylation sites is 1. The van der Waals surface area contributed by atoms with Crippen molar-refractivity contribution in [2.45, 2.75) is 6.54 Å². The van der Waals surface area contributed by atoms with Crippen LogP contribution in [0.15, 0.2) is 61.2 Å². The van der Waals surface area contributed by atoms with Gasteiger partial charge in [-0.25, -0.2) is 14.6 Å². The van der Waals surface area contributed by atoms with Crippen LogP contribution in [0.4, 0.5) is 5.82 Å². The minimum absolute atomic E-state index is 0.548. The van der Waals surface area contributed by atoms with Gasteiger partial charge in [-0.15, -0.1) is 0 Å². The van der Waals surface area contributed by atoms with E-state index in [0.29, 0.717) is 6.54 Å². The first-order valence-electron chi connectivity index (χ1n) is 7.82. The number of ether oxygens (including phenoxy) is 1. The van der Waals surface area contributed by atoms with E-state index in [1.165, 1.54) is 6.33 Å². The molecule has 4 rings (SSSR count). The number of benzene rings is 1. The molecule has 124 valence electrons. The topological polar surface area (TPSA) is 77.8 Å². The molecule has 0 saturated carbocycles. The van der Waals surface area contributed by atoms with Crippen LogP contribution in [0.2, 0.25) is 0 Å². The molecule has 0 fully saturated rings. The zero-order valence-electron chi connectivity index (χ0n) is 13.6. The van der Waals surface area contributed by atoms with Crippen molar-refractivity contribution < 1.29 is 4.74 Å². The Morgan fingerprint density at radius 2 is 1.88 bits per heavy atom. The lowest BCUT2D eigenvalue weighted by Crippen LogP contribution is -2.04. The Morgan fingerprint density at radius 1 is 1.00 bits per heavy atom. The number of hydrogen-bond acceptors (Lipinski definition) is 6. The number of nitrogens with one attached hydrogen (secondary N) is 1. The molecule has 0 aliphatic rings. The number of rotatable bonds is 5. The normalized spacial score (nSPS) is 10.8. The van der Waals surface area contributed by atoms with Crippen LogP contribution in [0, 0.1) is 0 Å². The molecular formula is C18H16N6O. The van der Waals surface area contributed by atoms with Crippen molar-refractivity contribution in [3.63, 3.8) is 0 Å². The second-order valence-electron chi connectivity index (χ2n) is 5.39. The quantitative estimate of drug-likeness (QED) is 0.605. The van der Waals surface area contributed by atoms with Gasteiger partial charge < -0.3 is 10.1 Å². The van der Waals surface area contributed by atoms with E-state index in [1.54, 1.807) is 24.2 Å². The van der Waals surface area contributed by atoms with Crippen LogP contribution in [0.3, 0.4) is 0 Å². The van der Waals surface area contributed by atoms with E-state index in [0.717, 1.165) is 34.0 Å². The fourth-order valence-electron chi connectivity index (χ4n) is 2.55. The van der Waals surface area contributed by atoms with Crippen LogP contribution in [0.25, 0.3) is 16.7 Å². The molecular weight excluding hydrogens is 316 g/mol. The van der Waals surface area contributed by atoms with Crippen LogP contribution in [0.1, 0.15) is 5.69 Å². The summed E-state index contributed by atoms with van der Waals surface area (Å²) < 4.78 is 6.92. The van der Waals surface area contributed by atoms with Crippen molar-refractivity contribution >= 4 is 16.9 Å². The molecule has 0 aliphatic heterocycles. The summed E-state index contributed by atoms with van der Waals surface area (Å²) in [6.45, 7) is 0.548. The van der Waals surface area contributed by atoms with Crippen LogP contribution >= 0.6 is 0 Å². The average molecular weight is 332 g/mol. The molecule has 0 saturated heterocycles. The Morgan fingerprint density at radius 3 is 2.64 bits per heavy atom. The summed E-state index contributed by atoms with van der Waals surface area (Å²) in [5, 5.41) is 8.61. The SMILES string of the molecule is COc1ccc(CNc2ncnc3c2cnn3-c2ccccc2)nc1. The molecule has 0 atom stereocenters. The fourth-order valence-corrected chi connectivity index (χ4v) is 2.55. The average Bonchev–Trinajstić information content (AvgIpc) is 3.12. The number of pyridine rings is 1. The van der Waals surface area contributed by atoms with Gasteiger partial charge >= 0.3 is 0 Å². The van der Waals surface area contributed by atoms with Crippen LogP contribution in [-0.2, 0) is 6.54 Å². The monoisotopic (exact) mass is 332 g/mol. The molecule has 1 aromatic carbocycles. The van der Waals surface area contributed by atoms with Crippen molar-refractivity contribution in [2.24, 2.45) is 0 Å². The van der Waals surface area contributed by atoms with E-state index in [9.17, 15) is 0 Å². The molecule has 3 heterocycles. The van der Waals surface area contributed by atoms with E-state index >= 15 is 0 Å². The molecule has 0 radical (unpaired) electrons. The molecule has 1 N–H and O–H groups in total. The summed E-state index contributed by atoms with van der Waals surface area (Å²) in [5.74, 6) is 1.46. The molecule has 7 nitrogen and oxygen atoms in total. The Bertz CT molecular complexity index is 982. The second-order valence-corrected chi connectivity index (χ2v) is 5.39. The predicted molar refractivity (Wildman–Crippen MR) is 94.8 cm³/mol. The molecule has 0 spiro atoms. The molecule has 0 bridgehead atoms. The van der Waals surface area contributed by atoms with E-state index < -0.39 is 0 Å². The fraction of sp³-hybridized carbons (Fsp3) is 0.111. The van der Waals surface area contributed by atoms with Gasteiger partial charge in [0.25, 0.3) is 0 Å². The number of hydrogen-bond donors (Lipinski definition) is 1. The number of anilines is 1. The summed E-state index contributed by atoms with van der Waals surface area (Å²) in [5.41, 5.74) is 2.60. The minimum atomic E-state index is 0.548. The summed E-state index contributed by atoms with van der Waals surface area (Å²) in [6.07, 6.45) is 5.00. The standard InChI is InChI=1S/C18H16N6O/c1-25-15-8-7-13(19-10-15)9-20-17-16-11-23-24(18(16)22-12-21-17)14-5-3-2-4-6-14/h2-8,10-12H,9H2,1H3,(H,20,21,22). The summed E-state index contributed by atoms with van der Waals surface area (Å²) in [6, 6.07) is 13.7. The van der Waals surface area contributed by atoms with Crippen molar-refractivity contribution in [1.82, 2.24) is 24.7 Å². The highest BCUT2D eigenvalue weighted by Gasteiger charge is 2.11. The maximum absolute atomic E-state index is 5.12. The zero-order valence-corrected chi connectivity index (χ0v) is 13.6. The summed E-state index contributed by atoms with van der Waals surface area (Å²) in [7, 11) is 1.62. The smallest absolute Gasteiger partial charge is 0.168 e. The number of aromatic nitrogens is 5. The van der Waals surface area contributed by atoms with Crippen molar-refractivity contribution in [2.75, 3.05) is 12.4 Å². The molecule has 0 unspecified atom stereocenters. The lowest BCUT2D eigenvalue weighted by Gasteiger charge is -2.07. The van der Waals surface area contributed by atoms with Gasteiger partial charge in [0, 0.05) is 0 Å². The minimum Gasteiger partial charge on any atom is -0.495 e. The summed E-state index contributed by atoms with van der Waals surface area (Å²) in [4.78, 5) is 13.1. The lowest BCUT2D eigenvalue weighted by atomic mass is 10.3.